The maximum absolute atomic E-state index is 13.1. The molecule has 2 unspecified atom stereocenters. The van der Waals surface area contributed by atoms with Crippen LogP contribution in [0.4, 0.5) is 0 Å². The lowest BCUT2D eigenvalue weighted by molar-refractivity contribution is 0.0889. The normalized spacial score (nSPS) is 19.6. The van der Waals surface area contributed by atoms with Gasteiger partial charge in [0.2, 0.25) is 0 Å². The highest BCUT2D eigenvalue weighted by atomic mass is 16.2. The molecular weight excluding hydrogens is 352 g/mol. The molecule has 2 N–H and O–H groups in total. The summed E-state index contributed by atoms with van der Waals surface area (Å²) in [7, 11) is 1.56. The molecule has 2 aromatic rings. The lowest BCUT2D eigenvalue weighted by Gasteiger charge is -2.35. The van der Waals surface area contributed by atoms with Gasteiger partial charge in [0.05, 0.1) is 6.04 Å². The van der Waals surface area contributed by atoms with E-state index in [0.717, 1.165) is 24.8 Å². The predicted octanol–water partition coefficient (Wildman–Crippen LogP) is 3.55. The second-order valence-corrected chi connectivity index (χ2v) is 8.46. The van der Waals surface area contributed by atoms with E-state index in [0.29, 0.717) is 5.69 Å². The van der Waals surface area contributed by atoms with Crippen LogP contribution >= 0.6 is 0 Å². The van der Waals surface area contributed by atoms with Crippen LogP contribution in [-0.4, -0.2) is 34.7 Å². The van der Waals surface area contributed by atoms with Crippen molar-refractivity contribution in [2.45, 2.75) is 58.5 Å². The molecule has 0 spiro atoms. The first-order chi connectivity index (χ1) is 13.3. The van der Waals surface area contributed by atoms with Crippen LogP contribution in [0.2, 0.25) is 0 Å². The van der Waals surface area contributed by atoms with E-state index in [-0.39, 0.29) is 35.0 Å². The van der Waals surface area contributed by atoms with Crippen LogP contribution in [0.1, 0.15) is 79.0 Å². The van der Waals surface area contributed by atoms with Crippen LogP contribution in [0.15, 0.2) is 36.4 Å². The van der Waals surface area contributed by atoms with Gasteiger partial charge in [-0.05, 0) is 37.2 Å². The summed E-state index contributed by atoms with van der Waals surface area (Å²) in [6.07, 6.45) is 4.24. The van der Waals surface area contributed by atoms with Gasteiger partial charge in [-0.1, -0.05) is 50.6 Å². The van der Waals surface area contributed by atoms with Crippen LogP contribution in [0.3, 0.4) is 0 Å². The zero-order chi connectivity index (χ0) is 20.3. The first-order valence-corrected chi connectivity index (χ1v) is 9.98. The Morgan fingerprint density at radius 1 is 1.21 bits per heavy atom. The minimum absolute atomic E-state index is 0.148. The second-order valence-electron chi connectivity index (χ2n) is 8.46. The number of hydrogen-bond donors (Lipinski definition) is 2. The highest BCUT2D eigenvalue weighted by Gasteiger charge is 2.30. The molecule has 28 heavy (non-hydrogen) atoms. The van der Waals surface area contributed by atoms with Crippen LogP contribution in [-0.2, 0) is 0 Å². The maximum atomic E-state index is 13.1. The van der Waals surface area contributed by atoms with Gasteiger partial charge >= 0.3 is 0 Å². The topological polar surface area (TPSA) is 76.0 Å². The number of aromatic nitrogens is 2. The zero-order valence-electron chi connectivity index (χ0n) is 17.2. The number of carbonyl (C=O) groups is 2. The van der Waals surface area contributed by atoms with Crippen LogP contribution in [0.25, 0.3) is 0 Å². The molecule has 1 aromatic heterocycles. The van der Waals surface area contributed by atoms with E-state index in [2.05, 4.69) is 29.6 Å². The fourth-order valence-corrected chi connectivity index (χ4v) is 4.05. The van der Waals surface area contributed by atoms with Gasteiger partial charge in [-0.3, -0.25) is 14.3 Å². The van der Waals surface area contributed by atoms with Crippen molar-refractivity contribution < 1.29 is 9.59 Å². The van der Waals surface area contributed by atoms with Gasteiger partial charge in [0.1, 0.15) is 5.69 Å². The standard InChI is InChI=1S/C22H30N4O2/c1-15(16-9-6-5-7-10-16)26-19(13-18(25-26)20(27)23-4)21(28)24-17-11-8-12-22(2,3)14-17/h5-7,9-10,13,15,17H,8,11-12,14H2,1-4H3,(H,23,27)(H,24,28). The molecule has 2 atom stereocenters. The lowest BCUT2D eigenvalue weighted by Crippen LogP contribution is -2.41. The minimum atomic E-state index is -0.299. The Labute approximate surface area is 166 Å². The quantitative estimate of drug-likeness (QED) is 0.830. The summed E-state index contributed by atoms with van der Waals surface area (Å²) in [5.74, 6) is -0.472. The lowest BCUT2D eigenvalue weighted by atomic mass is 9.75. The molecule has 0 saturated heterocycles. The highest BCUT2D eigenvalue weighted by Crippen LogP contribution is 2.35. The highest BCUT2D eigenvalue weighted by molar-refractivity contribution is 5.98. The van der Waals surface area contributed by atoms with Crippen molar-refractivity contribution in [2.24, 2.45) is 5.41 Å². The van der Waals surface area contributed by atoms with E-state index in [1.165, 1.54) is 6.42 Å². The third kappa shape index (κ3) is 4.43. The summed E-state index contributed by atoms with van der Waals surface area (Å²) in [6, 6.07) is 11.4. The van der Waals surface area contributed by atoms with Gasteiger partial charge < -0.3 is 10.6 Å². The molecule has 0 aliphatic heterocycles. The molecule has 0 bridgehead atoms. The molecule has 1 heterocycles. The Hall–Kier alpha value is -2.63. The Bertz CT molecular complexity index is 841. The summed E-state index contributed by atoms with van der Waals surface area (Å²) < 4.78 is 1.66. The minimum Gasteiger partial charge on any atom is -0.354 e. The van der Waals surface area contributed by atoms with Gasteiger partial charge in [-0.25, -0.2) is 0 Å². The summed E-state index contributed by atoms with van der Waals surface area (Å²) in [5.41, 5.74) is 1.93. The van der Waals surface area contributed by atoms with E-state index in [1.54, 1.807) is 17.8 Å². The van der Waals surface area contributed by atoms with Gasteiger partial charge in [0, 0.05) is 19.2 Å². The molecule has 1 saturated carbocycles. The van der Waals surface area contributed by atoms with Crippen molar-refractivity contribution in [1.82, 2.24) is 20.4 Å². The largest absolute Gasteiger partial charge is 0.354 e. The molecule has 1 aromatic carbocycles. The fourth-order valence-electron chi connectivity index (χ4n) is 4.05. The Kier molecular flexibility index (Phi) is 5.87. The second kappa shape index (κ2) is 8.17. The van der Waals surface area contributed by atoms with Gasteiger partial charge in [-0.15, -0.1) is 0 Å². The van der Waals surface area contributed by atoms with Crippen LogP contribution < -0.4 is 10.6 Å². The van der Waals surface area contributed by atoms with Gasteiger partial charge in [-0.2, -0.15) is 5.10 Å². The third-order valence-corrected chi connectivity index (χ3v) is 5.62. The van der Waals surface area contributed by atoms with Crippen LogP contribution in [0.5, 0.6) is 0 Å². The monoisotopic (exact) mass is 382 g/mol. The molecule has 150 valence electrons. The smallest absolute Gasteiger partial charge is 0.271 e. The number of hydrogen-bond acceptors (Lipinski definition) is 3. The SMILES string of the molecule is CNC(=O)c1cc(C(=O)NC2CCCC(C)(C)C2)n(C(C)c2ccccc2)n1. The molecule has 3 rings (SSSR count). The first kappa shape index (κ1) is 20.1. The van der Waals surface area contributed by atoms with E-state index in [4.69, 9.17) is 0 Å². The van der Waals surface area contributed by atoms with Crippen molar-refractivity contribution in [3.63, 3.8) is 0 Å². The Morgan fingerprint density at radius 3 is 2.57 bits per heavy atom. The van der Waals surface area contributed by atoms with Crippen molar-refractivity contribution in [2.75, 3.05) is 7.05 Å². The summed E-state index contributed by atoms with van der Waals surface area (Å²) in [5, 5.41) is 10.2. The summed E-state index contributed by atoms with van der Waals surface area (Å²) in [6.45, 7) is 6.48. The fraction of sp³-hybridized carbons (Fsp3) is 0.500. The average Bonchev–Trinajstić information content (AvgIpc) is 3.12. The third-order valence-electron chi connectivity index (χ3n) is 5.62. The van der Waals surface area contributed by atoms with E-state index < -0.39 is 0 Å². The zero-order valence-corrected chi connectivity index (χ0v) is 17.2. The first-order valence-electron chi connectivity index (χ1n) is 9.98. The molecule has 6 nitrogen and oxygen atoms in total. The number of amides is 2. The van der Waals surface area contributed by atoms with E-state index >= 15 is 0 Å². The molecule has 0 radical (unpaired) electrons. The Balaban J connectivity index is 1.89. The van der Waals surface area contributed by atoms with Crippen molar-refractivity contribution in [3.05, 3.63) is 53.3 Å². The predicted molar refractivity (Wildman–Crippen MR) is 109 cm³/mol. The number of carbonyl (C=O) groups excluding carboxylic acids is 2. The summed E-state index contributed by atoms with van der Waals surface area (Å²) in [4.78, 5) is 25.2. The number of nitrogens with zero attached hydrogens (tertiary/aromatic N) is 2. The molecule has 1 aliphatic rings. The summed E-state index contributed by atoms with van der Waals surface area (Å²) >= 11 is 0. The molecule has 1 fully saturated rings. The van der Waals surface area contributed by atoms with E-state index in [1.807, 2.05) is 37.3 Å². The van der Waals surface area contributed by atoms with Crippen molar-refractivity contribution in [3.8, 4) is 0 Å². The van der Waals surface area contributed by atoms with Gasteiger partial charge in [0.15, 0.2) is 5.69 Å². The van der Waals surface area contributed by atoms with Crippen LogP contribution in [0, 0.1) is 5.41 Å². The van der Waals surface area contributed by atoms with Gasteiger partial charge in [0.25, 0.3) is 11.8 Å². The molecule has 6 heteroatoms. The number of nitrogens with one attached hydrogen (secondary N) is 2. The number of rotatable bonds is 5. The molecule has 1 aliphatic carbocycles. The Morgan fingerprint density at radius 2 is 1.93 bits per heavy atom. The number of benzene rings is 1. The molecular formula is C22H30N4O2. The van der Waals surface area contributed by atoms with Crippen molar-refractivity contribution in [1.29, 1.82) is 0 Å². The maximum Gasteiger partial charge on any atom is 0.271 e. The van der Waals surface area contributed by atoms with Crippen molar-refractivity contribution >= 4 is 11.8 Å². The van der Waals surface area contributed by atoms with E-state index in [9.17, 15) is 9.59 Å². The molecule has 2 amide bonds. The average molecular weight is 383 g/mol.